The molecule has 1 atom stereocenters. The summed E-state index contributed by atoms with van der Waals surface area (Å²) in [5.41, 5.74) is 0.868. The quantitative estimate of drug-likeness (QED) is 0.821. The minimum absolute atomic E-state index is 0.0222. The second-order valence-electron chi connectivity index (χ2n) is 7.43. The third-order valence-corrected chi connectivity index (χ3v) is 5.61. The number of halogens is 1. The van der Waals surface area contributed by atoms with Crippen LogP contribution in [0.3, 0.4) is 0 Å². The van der Waals surface area contributed by atoms with Gasteiger partial charge in [0.05, 0.1) is 0 Å². The summed E-state index contributed by atoms with van der Waals surface area (Å²) < 4.78 is 13.2. The smallest absolute Gasteiger partial charge is 0.242 e. The number of rotatable bonds is 7. The first-order valence-corrected chi connectivity index (χ1v) is 9.30. The first kappa shape index (κ1) is 19.9. The molecule has 0 unspecified atom stereocenters. The van der Waals surface area contributed by atoms with E-state index in [0.717, 1.165) is 24.9 Å². The summed E-state index contributed by atoms with van der Waals surface area (Å²) >= 11 is 0. The minimum atomic E-state index is -0.409. The minimum Gasteiger partial charge on any atom is -0.353 e. The van der Waals surface area contributed by atoms with Crippen molar-refractivity contribution >= 4 is 5.91 Å². The van der Waals surface area contributed by atoms with E-state index in [0.29, 0.717) is 6.54 Å². The van der Waals surface area contributed by atoms with Gasteiger partial charge in [0.15, 0.2) is 0 Å². The normalized spacial score (nSPS) is 18.4. The number of hydrogen-bond acceptors (Lipinski definition) is 3. The second-order valence-corrected chi connectivity index (χ2v) is 7.43. The molecule has 0 spiro atoms. The molecule has 0 heterocycles. The Morgan fingerprint density at radius 3 is 2.28 bits per heavy atom. The van der Waals surface area contributed by atoms with E-state index in [4.69, 9.17) is 0 Å². The van der Waals surface area contributed by atoms with Crippen LogP contribution in [0.1, 0.15) is 50.6 Å². The van der Waals surface area contributed by atoms with E-state index in [2.05, 4.69) is 24.2 Å². The number of benzene rings is 1. The van der Waals surface area contributed by atoms with Crippen LogP contribution in [0.4, 0.5) is 4.39 Å². The van der Waals surface area contributed by atoms with Gasteiger partial charge >= 0.3 is 0 Å². The van der Waals surface area contributed by atoms with Gasteiger partial charge in [-0.1, -0.05) is 38.3 Å². The lowest BCUT2D eigenvalue weighted by atomic mass is 9.80. The average Bonchev–Trinajstić information content (AvgIpc) is 2.61. The molecule has 140 valence electrons. The molecule has 0 aliphatic heterocycles. The largest absolute Gasteiger partial charge is 0.353 e. The Hall–Kier alpha value is -1.46. The fourth-order valence-corrected chi connectivity index (χ4v) is 3.92. The predicted molar refractivity (Wildman–Crippen MR) is 100.0 cm³/mol. The Bertz CT molecular complexity index is 553. The lowest BCUT2D eigenvalue weighted by Gasteiger charge is -2.45. The maximum atomic E-state index is 13.2. The van der Waals surface area contributed by atoms with E-state index in [9.17, 15) is 9.18 Å². The molecule has 0 saturated heterocycles. The molecule has 5 heteroatoms. The molecule has 1 fully saturated rings. The summed E-state index contributed by atoms with van der Waals surface area (Å²) in [5, 5.41) is 3.19. The molecule has 1 saturated carbocycles. The Kier molecular flexibility index (Phi) is 6.96. The van der Waals surface area contributed by atoms with Crippen LogP contribution in [-0.4, -0.2) is 55.5 Å². The Balaban J connectivity index is 2.10. The highest BCUT2D eigenvalue weighted by molar-refractivity contribution is 5.83. The van der Waals surface area contributed by atoms with Crippen LogP contribution in [0.5, 0.6) is 0 Å². The second kappa shape index (κ2) is 8.77. The third kappa shape index (κ3) is 4.79. The zero-order chi connectivity index (χ0) is 18.4. The molecule has 0 bridgehead atoms. The first-order valence-electron chi connectivity index (χ1n) is 9.30. The molecule has 1 N–H and O–H groups in total. The van der Waals surface area contributed by atoms with Crippen molar-refractivity contribution in [2.45, 2.75) is 50.6 Å². The van der Waals surface area contributed by atoms with Crippen LogP contribution < -0.4 is 5.32 Å². The average molecular weight is 349 g/mol. The van der Waals surface area contributed by atoms with Gasteiger partial charge in [-0.2, -0.15) is 0 Å². The van der Waals surface area contributed by atoms with E-state index < -0.39 is 6.04 Å². The van der Waals surface area contributed by atoms with Crippen LogP contribution in [0, 0.1) is 5.82 Å². The molecule has 0 aromatic heterocycles. The zero-order valence-electron chi connectivity index (χ0n) is 16.0. The number of carbonyl (C=O) groups is 1. The fraction of sp³-hybridized carbons (Fsp3) is 0.650. The van der Waals surface area contributed by atoms with Gasteiger partial charge in [0.25, 0.3) is 0 Å². The molecule has 1 amide bonds. The number of hydrogen-bond donors (Lipinski definition) is 1. The third-order valence-electron chi connectivity index (χ3n) is 5.61. The number of nitrogens with zero attached hydrogens (tertiary/aromatic N) is 2. The molecular weight excluding hydrogens is 317 g/mol. The Morgan fingerprint density at radius 2 is 1.76 bits per heavy atom. The van der Waals surface area contributed by atoms with Crippen molar-refractivity contribution in [2.75, 3.05) is 34.2 Å². The van der Waals surface area contributed by atoms with Gasteiger partial charge in [-0.25, -0.2) is 4.39 Å². The van der Waals surface area contributed by atoms with Crippen molar-refractivity contribution in [3.8, 4) is 0 Å². The summed E-state index contributed by atoms with van der Waals surface area (Å²) in [6.07, 6.45) is 5.97. The van der Waals surface area contributed by atoms with Crippen molar-refractivity contribution in [1.82, 2.24) is 15.1 Å². The van der Waals surface area contributed by atoms with Crippen molar-refractivity contribution in [1.29, 1.82) is 0 Å². The summed E-state index contributed by atoms with van der Waals surface area (Å²) in [6.45, 7) is 3.81. The van der Waals surface area contributed by atoms with Crippen LogP contribution in [0.2, 0.25) is 0 Å². The van der Waals surface area contributed by atoms with Gasteiger partial charge in [-0.15, -0.1) is 0 Å². The Morgan fingerprint density at radius 1 is 1.16 bits per heavy atom. The van der Waals surface area contributed by atoms with E-state index in [1.807, 2.05) is 19.0 Å². The highest BCUT2D eigenvalue weighted by atomic mass is 19.1. The van der Waals surface area contributed by atoms with Crippen molar-refractivity contribution < 1.29 is 9.18 Å². The van der Waals surface area contributed by atoms with Gasteiger partial charge in [-0.3, -0.25) is 14.6 Å². The fourth-order valence-electron chi connectivity index (χ4n) is 3.92. The highest BCUT2D eigenvalue weighted by Gasteiger charge is 2.36. The van der Waals surface area contributed by atoms with Crippen molar-refractivity contribution in [2.24, 2.45) is 0 Å². The van der Waals surface area contributed by atoms with Crippen LogP contribution in [-0.2, 0) is 4.79 Å². The van der Waals surface area contributed by atoms with E-state index in [1.54, 1.807) is 12.1 Å². The van der Waals surface area contributed by atoms with Gasteiger partial charge in [0, 0.05) is 12.1 Å². The molecule has 25 heavy (non-hydrogen) atoms. The topological polar surface area (TPSA) is 35.6 Å². The van der Waals surface area contributed by atoms with Gasteiger partial charge in [0.2, 0.25) is 5.91 Å². The number of likely N-dealkylation sites (N-methyl/N-ethyl adjacent to an activating group) is 2. The molecular formula is C20H32FN3O. The maximum absolute atomic E-state index is 13.2. The van der Waals surface area contributed by atoms with Gasteiger partial charge < -0.3 is 5.32 Å². The van der Waals surface area contributed by atoms with Crippen LogP contribution in [0.15, 0.2) is 24.3 Å². The standard InChI is InChI=1S/C20H32FN3O/c1-5-24(4)20(13-7-6-8-14-20)15-22-19(25)18(23(2)3)16-9-11-17(21)12-10-16/h9-12,18H,5-8,13-15H2,1-4H3,(H,22,25)/t18-/m1/s1. The van der Waals surface area contributed by atoms with Crippen LogP contribution >= 0.6 is 0 Å². The first-order chi connectivity index (χ1) is 11.9. The molecule has 2 rings (SSSR count). The van der Waals surface area contributed by atoms with E-state index >= 15 is 0 Å². The molecule has 1 aliphatic rings. The molecule has 1 aliphatic carbocycles. The molecule has 1 aromatic rings. The van der Waals surface area contributed by atoms with Crippen molar-refractivity contribution in [3.05, 3.63) is 35.6 Å². The number of carbonyl (C=O) groups excluding carboxylic acids is 1. The maximum Gasteiger partial charge on any atom is 0.242 e. The molecule has 4 nitrogen and oxygen atoms in total. The summed E-state index contributed by atoms with van der Waals surface area (Å²) in [5.74, 6) is -0.307. The van der Waals surface area contributed by atoms with Gasteiger partial charge in [0.1, 0.15) is 11.9 Å². The van der Waals surface area contributed by atoms with Gasteiger partial charge in [-0.05, 0) is 58.2 Å². The SMILES string of the molecule is CCN(C)C1(CNC(=O)[C@@H](c2ccc(F)cc2)N(C)C)CCCCC1. The zero-order valence-corrected chi connectivity index (χ0v) is 16.0. The number of amides is 1. The van der Waals surface area contributed by atoms with Crippen LogP contribution in [0.25, 0.3) is 0 Å². The lowest BCUT2D eigenvalue weighted by molar-refractivity contribution is -0.126. The predicted octanol–water partition coefficient (Wildman–Crippen LogP) is 3.20. The highest BCUT2D eigenvalue weighted by Crippen LogP contribution is 2.32. The Labute approximate surface area is 151 Å². The molecule has 0 radical (unpaired) electrons. The summed E-state index contributed by atoms with van der Waals surface area (Å²) in [4.78, 5) is 17.2. The monoisotopic (exact) mass is 349 g/mol. The summed E-state index contributed by atoms with van der Waals surface area (Å²) in [7, 11) is 5.91. The number of nitrogens with one attached hydrogen (secondary N) is 1. The summed E-state index contributed by atoms with van der Waals surface area (Å²) in [6, 6.07) is 5.79. The van der Waals surface area contributed by atoms with E-state index in [-0.39, 0.29) is 17.3 Å². The van der Waals surface area contributed by atoms with Crippen molar-refractivity contribution in [3.63, 3.8) is 0 Å². The molecule has 1 aromatic carbocycles. The van der Waals surface area contributed by atoms with E-state index in [1.165, 1.54) is 31.4 Å². The lowest BCUT2D eigenvalue weighted by Crippen LogP contribution is -2.56.